The molecule has 7 nitrogen and oxygen atoms in total. The van der Waals surface area contributed by atoms with Gasteiger partial charge in [-0.3, -0.25) is 4.79 Å². The minimum absolute atomic E-state index is 0.184. The first-order valence-electron chi connectivity index (χ1n) is 7.45. The van der Waals surface area contributed by atoms with Gasteiger partial charge in [-0.2, -0.15) is 4.79 Å². The van der Waals surface area contributed by atoms with Gasteiger partial charge in [-0.25, -0.2) is 4.79 Å². The van der Waals surface area contributed by atoms with Crippen LogP contribution in [-0.2, 0) is 16.0 Å². The third kappa shape index (κ3) is 3.27. The van der Waals surface area contributed by atoms with Crippen molar-refractivity contribution in [3.63, 3.8) is 0 Å². The minimum atomic E-state index is -0.995. The number of fused-ring (bicyclic) bond motifs is 1. The van der Waals surface area contributed by atoms with Gasteiger partial charge in [0.05, 0.1) is 7.11 Å². The van der Waals surface area contributed by atoms with Gasteiger partial charge < -0.3 is 19.7 Å². The molecule has 1 aliphatic rings. The van der Waals surface area contributed by atoms with E-state index in [1.807, 2.05) is 12.1 Å². The smallest absolute Gasteiger partial charge is 0.446 e. The van der Waals surface area contributed by atoms with E-state index in [4.69, 9.17) is 15.0 Å². The van der Waals surface area contributed by atoms with Crippen molar-refractivity contribution in [3.8, 4) is 11.5 Å². The second kappa shape index (κ2) is 6.98. The number of carbonyl (C=O) groups excluding carboxylic acids is 2. The maximum absolute atomic E-state index is 12.5. The van der Waals surface area contributed by atoms with Gasteiger partial charge in [0.15, 0.2) is 11.5 Å². The summed E-state index contributed by atoms with van der Waals surface area (Å²) in [6, 6.07) is 12.3. The molecule has 2 aromatic rings. The summed E-state index contributed by atoms with van der Waals surface area (Å²) < 4.78 is 15.1. The van der Waals surface area contributed by atoms with Crippen molar-refractivity contribution in [3.05, 3.63) is 64.7 Å². The zero-order valence-corrected chi connectivity index (χ0v) is 13.4. The number of hydrogen-bond acceptors (Lipinski definition) is 5. The fourth-order valence-corrected chi connectivity index (χ4v) is 2.57. The second-order valence-electron chi connectivity index (χ2n) is 5.29. The summed E-state index contributed by atoms with van der Waals surface area (Å²) in [6.07, 6.45) is 0.429. The molecule has 0 aromatic heterocycles. The molecular weight excluding hydrogens is 324 g/mol. The van der Waals surface area contributed by atoms with Gasteiger partial charge in [-0.05, 0) is 29.7 Å². The highest BCUT2D eigenvalue weighted by Crippen LogP contribution is 2.33. The predicted octanol–water partition coefficient (Wildman–Crippen LogP) is 2.03. The van der Waals surface area contributed by atoms with Crippen LogP contribution >= 0.6 is 0 Å². The number of hydrogen-bond donors (Lipinski definition) is 0. The van der Waals surface area contributed by atoms with Gasteiger partial charge >= 0.3 is 11.7 Å². The van der Waals surface area contributed by atoms with Crippen molar-refractivity contribution < 1.29 is 28.6 Å². The number of esters is 1. The highest BCUT2D eigenvalue weighted by atomic mass is 16.7. The van der Waals surface area contributed by atoms with Crippen LogP contribution in [0.2, 0.25) is 0 Å². The monoisotopic (exact) mass is 338 g/mol. The van der Waals surface area contributed by atoms with Crippen LogP contribution in [0, 0.1) is 0 Å². The van der Waals surface area contributed by atoms with Crippen molar-refractivity contribution in [1.29, 1.82) is 0 Å². The molecule has 0 aliphatic carbocycles. The van der Waals surface area contributed by atoms with Crippen LogP contribution < -0.4 is 9.47 Å². The lowest BCUT2D eigenvalue weighted by Crippen LogP contribution is -2.27. The second-order valence-corrected chi connectivity index (χ2v) is 5.29. The number of rotatable bonds is 5. The largest absolute Gasteiger partial charge is 0.460 e. The molecule has 0 fully saturated rings. The zero-order chi connectivity index (χ0) is 17.8. The van der Waals surface area contributed by atoms with Crippen molar-refractivity contribution >= 4 is 17.5 Å². The SMILES string of the molecule is COC(=O)C(=[N+]=[N-])C(=O)c1ccccc1Cc1ccc2c(c1)OCO2. The van der Waals surface area contributed by atoms with Crippen molar-refractivity contribution in [2.75, 3.05) is 13.9 Å². The zero-order valence-electron chi connectivity index (χ0n) is 13.4. The first kappa shape index (κ1) is 16.4. The molecule has 0 saturated heterocycles. The number of methoxy groups -OCH3 is 1. The van der Waals surface area contributed by atoms with Crippen molar-refractivity contribution in [2.45, 2.75) is 6.42 Å². The third-order valence-electron chi connectivity index (χ3n) is 3.79. The number of nitrogens with zero attached hydrogens (tertiary/aromatic N) is 2. The molecule has 0 spiro atoms. The number of Topliss-reactive ketones (excluding diaryl/α,β-unsaturated/α-hetero) is 1. The molecule has 1 heterocycles. The summed E-state index contributed by atoms with van der Waals surface area (Å²) in [7, 11) is 1.11. The lowest BCUT2D eigenvalue weighted by molar-refractivity contribution is -0.137. The Hall–Kier alpha value is -3.44. The standard InChI is InChI=1S/C18H14N2O5/c1-23-18(22)16(20-19)17(21)13-5-3-2-4-12(13)8-11-6-7-14-15(9-11)25-10-24-14/h2-7,9H,8,10H2,1H3. The first-order chi connectivity index (χ1) is 12.1. The van der Waals surface area contributed by atoms with Crippen molar-refractivity contribution in [1.82, 2.24) is 0 Å². The Kier molecular flexibility index (Phi) is 4.59. The van der Waals surface area contributed by atoms with Crippen LogP contribution in [0.4, 0.5) is 0 Å². The normalized spacial score (nSPS) is 11.6. The number of ether oxygens (including phenoxy) is 3. The summed E-state index contributed by atoms with van der Waals surface area (Å²) in [5.74, 6) is -0.377. The molecule has 7 heteroatoms. The molecule has 0 bridgehead atoms. The Morgan fingerprint density at radius 3 is 2.68 bits per heavy atom. The van der Waals surface area contributed by atoms with E-state index in [0.717, 1.165) is 12.7 Å². The van der Waals surface area contributed by atoms with Crippen molar-refractivity contribution in [2.24, 2.45) is 0 Å². The Bertz CT molecular complexity index is 900. The summed E-state index contributed by atoms with van der Waals surface area (Å²) in [4.78, 5) is 26.9. The average molecular weight is 338 g/mol. The molecule has 0 saturated carbocycles. The summed E-state index contributed by atoms with van der Waals surface area (Å²) in [5, 5.41) is 0. The number of benzene rings is 2. The lowest BCUT2D eigenvalue weighted by Gasteiger charge is -2.07. The molecule has 0 unspecified atom stereocenters. The Labute approximate surface area is 143 Å². The summed E-state index contributed by atoms with van der Waals surface area (Å²) >= 11 is 0. The summed E-state index contributed by atoms with van der Waals surface area (Å²) in [5.41, 5.74) is 10.2. The quantitative estimate of drug-likeness (QED) is 0.207. The Morgan fingerprint density at radius 2 is 1.92 bits per heavy atom. The van der Waals surface area contributed by atoms with E-state index in [-0.39, 0.29) is 12.4 Å². The number of carbonyl (C=O) groups is 2. The third-order valence-corrected chi connectivity index (χ3v) is 3.79. The Morgan fingerprint density at radius 1 is 1.16 bits per heavy atom. The fraction of sp³-hybridized carbons (Fsp3) is 0.167. The first-order valence-corrected chi connectivity index (χ1v) is 7.45. The van der Waals surface area contributed by atoms with Crippen LogP contribution in [0.1, 0.15) is 21.5 Å². The minimum Gasteiger partial charge on any atom is -0.460 e. The van der Waals surface area contributed by atoms with Crippen LogP contribution in [0.5, 0.6) is 11.5 Å². The van der Waals surface area contributed by atoms with E-state index in [9.17, 15) is 9.59 Å². The van der Waals surface area contributed by atoms with Gasteiger partial charge in [0.1, 0.15) is 0 Å². The fourth-order valence-electron chi connectivity index (χ4n) is 2.57. The van der Waals surface area contributed by atoms with Crippen LogP contribution in [0.25, 0.3) is 5.53 Å². The molecule has 25 heavy (non-hydrogen) atoms. The van der Waals surface area contributed by atoms with E-state index in [1.165, 1.54) is 0 Å². The maximum Gasteiger partial charge on any atom is 0.446 e. The van der Waals surface area contributed by atoms with Gasteiger partial charge in [0.25, 0.3) is 5.78 Å². The molecule has 0 radical (unpaired) electrons. The molecule has 0 amide bonds. The average Bonchev–Trinajstić information content (AvgIpc) is 3.10. The predicted molar refractivity (Wildman–Crippen MR) is 86.8 cm³/mol. The molecule has 126 valence electrons. The molecule has 2 aromatic carbocycles. The van der Waals surface area contributed by atoms with Gasteiger partial charge in [0.2, 0.25) is 6.79 Å². The molecule has 0 atom stereocenters. The van der Waals surface area contributed by atoms with E-state index in [2.05, 4.69) is 9.53 Å². The van der Waals surface area contributed by atoms with Gasteiger partial charge in [0, 0.05) is 5.56 Å². The molecule has 3 rings (SSSR count). The van der Waals surface area contributed by atoms with Gasteiger partial charge in [-0.15, -0.1) is 0 Å². The van der Waals surface area contributed by atoms with Crippen LogP contribution in [0.15, 0.2) is 42.5 Å². The molecule has 1 aliphatic heterocycles. The Balaban J connectivity index is 1.92. The van der Waals surface area contributed by atoms with Crippen LogP contribution in [0.3, 0.4) is 0 Å². The lowest BCUT2D eigenvalue weighted by atomic mass is 9.95. The van der Waals surface area contributed by atoms with Crippen LogP contribution in [-0.4, -0.2) is 36.2 Å². The van der Waals surface area contributed by atoms with E-state index in [1.54, 1.807) is 30.3 Å². The van der Waals surface area contributed by atoms with Gasteiger partial charge in [-0.1, -0.05) is 30.3 Å². The number of ketones is 1. The van der Waals surface area contributed by atoms with E-state index in [0.29, 0.717) is 23.5 Å². The highest BCUT2D eigenvalue weighted by molar-refractivity contribution is 6.65. The molecule has 0 N–H and O–H groups in total. The maximum atomic E-state index is 12.5. The van der Waals surface area contributed by atoms with E-state index >= 15 is 0 Å². The molecular formula is C18H14N2O5. The topological polar surface area (TPSA) is 98.2 Å². The van der Waals surface area contributed by atoms with E-state index < -0.39 is 17.5 Å². The summed E-state index contributed by atoms with van der Waals surface area (Å²) in [6.45, 7) is 0.184. The highest BCUT2D eigenvalue weighted by Gasteiger charge is 2.32.